The van der Waals surface area contributed by atoms with Gasteiger partial charge in [-0.25, -0.2) is 0 Å². The number of anilines is 1. The van der Waals surface area contributed by atoms with Gasteiger partial charge in [0.25, 0.3) is 0 Å². The molecule has 2 rings (SSSR count). The molecule has 0 aliphatic carbocycles. The van der Waals surface area contributed by atoms with Crippen molar-refractivity contribution in [3.05, 3.63) is 59.2 Å². The number of ether oxygens (including phenoxy) is 1. The number of rotatable bonds is 6. The van der Waals surface area contributed by atoms with Crippen LogP contribution < -0.4 is 15.0 Å². The monoisotopic (exact) mass is 340 g/mol. The molecule has 0 atom stereocenters. The fourth-order valence-electron chi connectivity index (χ4n) is 2.42. The third kappa shape index (κ3) is 5.08. The van der Waals surface area contributed by atoms with Crippen molar-refractivity contribution in [2.45, 2.75) is 27.3 Å². The molecule has 25 heavy (non-hydrogen) atoms. The van der Waals surface area contributed by atoms with E-state index in [0.717, 1.165) is 28.1 Å². The summed E-state index contributed by atoms with van der Waals surface area (Å²) in [6, 6.07) is 13.2. The number of carbonyl (C=O) groups is 2. The van der Waals surface area contributed by atoms with Gasteiger partial charge in [0, 0.05) is 19.2 Å². The van der Waals surface area contributed by atoms with E-state index in [1.165, 1.54) is 11.8 Å². The summed E-state index contributed by atoms with van der Waals surface area (Å²) in [6.45, 7) is 5.86. The molecule has 5 nitrogen and oxygen atoms in total. The number of carbonyl (C=O) groups excluding carboxylic acids is 2. The average molecular weight is 340 g/mol. The van der Waals surface area contributed by atoms with Crippen LogP contribution in [-0.4, -0.2) is 25.5 Å². The van der Waals surface area contributed by atoms with E-state index in [0.29, 0.717) is 6.54 Å². The van der Waals surface area contributed by atoms with Gasteiger partial charge in [-0.2, -0.15) is 0 Å². The molecular weight excluding hydrogens is 316 g/mol. The van der Waals surface area contributed by atoms with Crippen molar-refractivity contribution >= 4 is 17.5 Å². The third-order valence-electron chi connectivity index (χ3n) is 4.13. The van der Waals surface area contributed by atoms with Crippen molar-refractivity contribution in [2.24, 2.45) is 0 Å². The Hall–Kier alpha value is -2.82. The second-order valence-corrected chi connectivity index (χ2v) is 6.00. The molecule has 5 heteroatoms. The largest absolute Gasteiger partial charge is 0.497 e. The molecule has 0 fully saturated rings. The van der Waals surface area contributed by atoms with Gasteiger partial charge in [-0.05, 0) is 54.8 Å². The number of benzene rings is 2. The number of methoxy groups -OCH3 is 1. The van der Waals surface area contributed by atoms with Gasteiger partial charge in [-0.15, -0.1) is 0 Å². The SMILES string of the molecule is COc1ccc(CNC(=O)CN(C(C)=O)c2ccc(C)c(C)c2)cc1. The Morgan fingerprint density at radius 1 is 1.04 bits per heavy atom. The molecule has 0 spiro atoms. The Bertz CT molecular complexity index is 754. The van der Waals surface area contributed by atoms with Gasteiger partial charge in [-0.1, -0.05) is 18.2 Å². The van der Waals surface area contributed by atoms with Crippen LogP contribution in [0.2, 0.25) is 0 Å². The quantitative estimate of drug-likeness (QED) is 0.879. The summed E-state index contributed by atoms with van der Waals surface area (Å²) in [4.78, 5) is 25.7. The summed E-state index contributed by atoms with van der Waals surface area (Å²) < 4.78 is 5.11. The molecule has 0 heterocycles. The molecule has 0 aromatic heterocycles. The zero-order valence-electron chi connectivity index (χ0n) is 15.1. The van der Waals surface area contributed by atoms with Gasteiger partial charge in [0.15, 0.2) is 0 Å². The number of nitrogens with one attached hydrogen (secondary N) is 1. The van der Waals surface area contributed by atoms with E-state index in [-0.39, 0.29) is 18.4 Å². The second-order valence-electron chi connectivity index (χ2n) is 6.00. The highest BCUT2D eigenvalue weighted by Crippen LogP contribution is 2.19. The van der Waals surface area contributed by atoms with Crippen molar-refractivity contribution in [1.82, 2.24) is 5.32 Å². The Labute approximate surface area is 148 Å². The minimum atomic E-state index is -0.204. The summed E-state index contributed by atoms with van der Waals surface area (Å²) >= 11 is 0. The summed E-state index contributed by atoms with van der Waals surface area (Å²) in [7, 11) is 1.61. The first-order valence-electron chi connectivity index (χ1n) is 8.15. The first-order valence-corrected chi connectivity index (χ1v) is 8.15. The average Bonchev–Trinajstić information content (AvgIpc) is 2.60. The number of nitrogens with zero attached hydrogens (tertiary/aromatic N) is 1. The van der Waals surface area contributed by atoms with E-state index < -0.39 is 0 Å². The first kappa shape index (κ1) is 18.5. The molecular formula is C20H24N2O3. The highest BCUT2D eigenvalue weighted by molar-refractivity contribution is 5.97. The minimum absolute atomic E-state index is 0.00596. The summed E-state index contributed by atoms with van der Waals surface area (Å²) in [5.74, 6) is 0.402. The van der Waals surface area contributed by atoms with E-state index in [9.17, 15) is 9.59 Å². The molecule has 0 saturated heterocycles. The Morgan fingerprint density at radius 2 is 1.72 bits per heavy atom. The normalized spacial score (nSPS) is 10.2. The van der Waals surface area contributed by atoms with E-state index in [4.69, 9.17) is 4.74 Å². The van der Waals surface area contributed by atoms with Crippen LogP contribution in [0.25, 0.3) is 0 Å². The summed E-state index contributed by atoms with van der Waals surface area (Å²) in [6.07, 6.45) is 0. The standard InChI is InChI=1S/C20H24N2O3/c1-14-5-8-18(11-15(14)2)22(16(3)23)13-20(24)21-12-17-6-9-19(25-4)10-7-17/h5-11H,12-13H2,1-4H3,(H,21,24). The van der Waals surface area contributed by atoms with Gasteiger partial charge >= 0.3 is 0 Å². The summed E-state index contributed by atoms with van der Waals surface area (Å²) in [5.41, 5.74) is 3.93. The molecule has 2 aromatic carbocycles. The minimum Gasteiger partial charge on any atom is -0.497 e. The van der Waals surface area contributed by atoms with Gasteiger partial charge in [0.1, 0.15) is 12.3 Å². The van der Waals surface area contributed by atoms with Crippen LogP contribution in [-0.2, 0) is 16.1 Å². The lowest BCUT2D eigenvalue weighted by Gasteiger charge is -2.21. The maximum atomic E-state index is 12.2. The van der Waals surface area contributed by atoms with Crippen LogP contribution in [0.3, 0.4) is 0 Å². The molecule has 132 valence electrons. The predicted molar refractivity (Wildman–Crippen MR) is 98.8 cm³/mol. The molecule has 2 aromatic rings. The zero-order chi connectivity index (χ0) is 18.4. The van der Waals surface area contributed by atoms with Gasteiger partial charge in [0.2, 0.25) is 11.8 Å². The highest BCUT2D eigenvalue weighted by Gasteiger charge is 2.16. The van der Waals surface area contributed by atoms with Crippen LogP contribution in [0.1, 0.15) is 23.6 Å². The fraction of sp³-hybridized carbons (Fsp3) is 0.300. The van der Waals surface area contributed by atoms with Crippen molar-refractivity contribution in [3.8, 4) is 5.75 Å². The van der Waals surface area contributed by atoms with E-state index >= 15 is 0 Å². The third-order valence-corrected chi connectivity index (χ3v) is 4.13. The Balaban J connectivity index is 1.99. The van der Waals surface area contributed by atoms with Crippen LogP contribution in [0.15, 0.2) is 42.5 Å². The topological polar surface area (TPSA) is 58.6 Å². The molecule has 0 saturated carbocycles. The number of hydrogen-bond donors (Lipinski definition) is 1. The molecule has 0 aliphatic rings. The highest BCUT2D eigenvalue weighted by atomic mass is 16.5. The van der Waals surface area contributed by atoms with Crippen molar-refractivity contribution in [1.29, 1.82) is 0 Å². The number of hydrogen-bond acceptors (Lipinski definition) is 3. The maximum absolute atomic E-state index is 12.2. The van der Waals surface area contributed by atoms with Gasteiger partial charge in [-0.3, -0.25) is 9.59 Å². The van der Waals surface area contributed by atoms with Crippen molar-refractivity contribution in [3.63, 3.8) is 0 Å². The zero-order valence-corrected chi connectivity index (χ0v) is 15.1. The van der Waals surface area contributed by atoms with E-state index in [1.807, 2.05) is 56.3 Å². The fourth-order valence-corrected chi connectivity index (χ4v) is 2.42. The van der Waals surface area contributed by atoms with Crippen molar-refractivity contribution < 1.29 is 14.3 Å². The first-order chi connectivity index (χ1) is 11.9. The molecule has 0 radical (unpaired) electrons. The number of amides is 2. The van der Waals surface area contributed by atoms with Crippen LogP contribution >= 0.6 is 0 Å². The van der Waals surface area contributed by atoms with Crippen LogP contribution in [0, 0.1) is 13.8 Å². The molecule has 0 aliphatic heterocycles. The van der Waals surface area contributed by atoms with Crippen LogP contribution in [0.5, 0.6) is 5.75 Å². The van der Waals surface area contributed by atoms with Gasteiger partial charge < -0.3 is 15.0 Å². The predicted octanol–water partition coefficient (Wildman–Crippen LogP) is 2.98. The number of aryl methyl sites for hydroxylation is 2. The Morgan fingerprint density at radius 3 is 2.28 bits per heavy atom. The molecule has 0 bridgehead atoms. The molecule has 2 amide bonds. The summed E-state index contributed by atoms with van der Waals surface area (Å²) in [5, 5.41) is 2.84. The Kier molecular flexibility index (Phi) is 6.17. The maximum Gasteiger partial charge on any atom is 0.240 e. The van der Waals surface area contributed by atoms with Crippen molar-refractivity contribution in [2.75, 3.05) is 18.6 Å². The van der Waals surface area contributed by atoms with Gasteiger partial charge in [0.05, 0.1) is 7.11 Å². The van der Waals surface area contributed by atoms with E-state index in [2.05, 4.69) is 5.32 Å². The van der Waals surface area contributed by atoms with Crippen LogP contribution in [0.4, 0.5) is 5.69 Å². The molecule has 1 N–H and O–H groups in total. The lowest BCUT2D eigenvalue weighted by Crippen LogP contribution is -2.39. The smallest absolute Gasteiger partial charge is 0.240 e. The lowest BCUT2D eigenvalue weighted by molar-refractivity contribution is -0.123. The van der Waals surface area contributed by atoms with E-state index in [1.54, 1.807) is 7.11 Å². The molecule has 0 unspecified atom stereocenters. The second kappa shape index (κ2) is 8.33. The lowest BCUT2D eigenvalue weighted by atomic mass is 10.1.